The Morgan fingerprint density at radius 2 is 1.80 bits per heavy atom. The van der Waals surface area contributed by atoms with Gasteiger partial charge in [-0.15, -0.1) is 6.58 Å². The fourth-order valence-electron chi connectivity index (χ4n) is 3.30. The fourth-order valence-corrected chi connectivity index (χ4v) is 4.63. The maximum atomic E-state index is 12.8. The van der Waals surface area contributed by atoms with Crippen LogP contribution in [0.1, 0.15) is 44.0 Å². The first-order valence-corrected chi connectivity index (χ1v) is 13.2. The zero-order valence-electron chi connectivity index (χ0n) is 18.9. The second-order valence-corrected chi connectivity index (χ2v) is 14.0. The van der Waals surface area contributed by atoms with Crippen molar-refractivity contribution in [3.8, 4) is 0 Å². The van der Waals surface area contributed by atoms with Gasteiger partial charge in [0.1, 0.15) is 6.10 Å². The van der Waals surface area contributed by atoms with E-state index in [1.54, 1.807) is 30.3 Å². The molecular weight excluding hydrogens is 396 g/mol. The molecular formula is C24H34O5Si. The lowest BCUT2D eigenvalue weighted by Gasteiger charge is -2.44. The summed E-state index contributed by atoms with van der Waals surface area (Å²) < 4.78 is 17.6. The van der Waals surface area contributed by atoms with Gasteiger partial charge >= 0.3 is 11.9 Å². The Labute approximate surface area is 181 Å². The highest BCUT2D eigenvalue weighted by Gasteiger charge is 2.45. The maximum absolute atomic E-state index is 12.8. The molecule has 0 radical (unpaired) electrons. The largest absolute Gasteiger partial charge is 0.466 e. The van der Waals surface area contributed by atoms with Crippen molar-refractivity contribution in [3.05, 3.63) is 60.2 Å². The van der Waals surface area contributed by atoms with Crippen molar-refractivity contribution in [1.82, 2.24) is 0 Å². The number of hydrogen-bond acceptors (Lipinski definition) is 5. The molecule has 30 heavy (non-hydrogen) atoms. The Morgan fingerprint density at radius 1 is 1.17 bits per heavy atom. The first-order valence-electron chi connectivity index (χ1n) is 10.3. The maximum Gasteiger partial charge on any atom is 0.338 e. The Hall–Kier alpha value is -2.18. The molecule has 0 bridgehead atoms. The molecule has 1 aromatic carbocycles. The van der Waals surface area contributed by atoms with Gasteiger partial charge in [-0.3, -0.25) is 0 Å². The Morgan fingerprint density at radius 3 is 2.33 bits per heavy atom. The van der Waals surface area contributed by atoms with Crippen LogP contribution in [0.4, 0.5) is 0 Å². The summed E-state index contributed by atoms with van der Waals surface area (Å²) in [4.78, 5) is 25.1. The zero-order valence-corrected chi connectivity index (χ0v) is 19.9. The van der Waals surface area contributed by atoms with E-state index < -0.39 is 26.5 Å². The van der Waals surface area contributed by atoms with E-state index in [4.69, 9.17) is 13.9 Å². The Kier molecular flexibility index (Phi) is 7.83. The molecule has 0 N–H and O–H groups in total. The lowest BCUT2D eigenvalue weighted by Crippen LogP contribution is -2.51. The predicted octanol–water partition coefficient (Wildman–Crippen LogP) is 5.30. The third-order valence-electron chi connectivity index (χ3n) is 6.02. The molecule has 0 amide bonds. The molecule has 0 aromatic heterocycles. The van der Waals surface area contributed by atoms with Gasteiger partial charge in [0.05, 0.1) is 18.8 Å². The van der Waals surface area contributed by atoms with Crippen LogP contribution in [0.5, 0.6) is 0 Å². The van der Waals surface area contributed by atoms with Crippen LogP contribution in [0, 0.1) is 5.92 Å². The summed E-state index contributed by atoms with van der Waals surface area (Å²) >= 11 is 0. The molecule has 0 spiro atoms. The smallest absolute Gasteiger partial charge is 0.338 e. The van der Waals surface area contributed by atoms with Crippen molar-refractivity contribution in [2.45, 2.75) is 64.0 Å². The van der Waals surface area contributed by atoms with Crippen LogP contribution in [0.15, 0.2) is 54.6 Å². The monoisotopic (exact) mass is 430 g/mol. The van der Waals surface area contributed by atoms with Gasteiger partial charge in [-0.1, -0.05) is 51.1 Å². The summed E-state index contributed by atoms with van der Waals surface area (Å²) in [7, 11) is -0.816. The Balaban J connectivity index is 2.41. The number of carbonyl (C=O) groups excluding carboxylic acids is 2. The number of rotatable bonds is 7. The molecule has 2 rings (SSSR count). The van der Waals surface area contributed by atoms with E-state index in [0.717, 1.165) is 0 Å². The summed E-state index contributed by atoms with van der Waals surface area (Å²) in [5, 5.41) is -0.0263. The van der Waals surface area contributed by atoms with Crippen molar-refractivity contribution in [2.24, 2.45) is 5.92 Å². The highest BCUT2D eigenvalue weighted by atomic mass is 28.4. The van der Waals surface area contributed by atoms with Crippen LogP contribution < -0.4 is 0 Å². The van der Waals surface area contributed by atoms with Crippen molar-refractivity contribution in [1.29, 1.82) is 0 Å². The van der Waals surface area contributed by atoms with Crippen LogP contribution in [-0.4, -0.2) is 39.6 Å². The normalized spacial score (nSPS) is 22.1. The topological polar surface area (TPSA) is 61.8 Å². The molecule has 164 valence electrons. The van der Waals surface area contributed by atoms with E-state index in [1.807, 2.05) is 12.1 Å². The zero-order chi connectivity index (χ0) is 22.5. The van der Waals surface area contributed by atoms with Gasteiger partial charge < -0.3 is 13.9 Å². The molecule has 3 atom stereocenters. The standard InChI is InChI=1S/C24H34O5Si/c1-8-12-18-15-19(22(25)27-5)16-20(29-30(6,7)24(2,3)4)21(18)28-23(26)17-13-10-9-11-14-17/h8-11,13-15,18,20-21H,1,12,16H2,2-7H3/t18-,20+,21+/m0/s1. The summed E-state index contributed by atoms with van der Waals surface area (Å²) in [5.41, 5.74) is 1.05. The average Bonchev–Trinajstić information content (AvgIpc) is 2.69. The first kappa shape index (κ1) is 24.1. The molecule has 0 unspecified atom stereocenters. The van der Waals surface area contributed by atoms with E-state index in [9.17, 15) is 9.59 Å². The highest BCUT2D eigenvalue weighted by Crippen LogP contribution is 2.41. The van der Waals surface area contributed by atoms with Crippen LogP contribution in [-0.2, 0) is 18.7 Å². The molecule has 0 saturated carbocycles. The molecule has 1 aliphatic carbocycles. The minimum absolute atomic E-state index is 0.0263. The number of methoxy groups -OCH3 is 1. The van der Waals surface area contributed by atoms with Crippen molar-refractivity contribution in [3.63, 3.8) is 0 Å². The van der Waals surface area contributed by atoms with E-state index in [0.29, 0.717) is 24.0 Å². The van der Waals surface area contributed by atoms with Gasteiger partial charge in [0.15, 0.2) is 8.32 Å². The van der Waals surface area contributed by atoms with Gasteiger partial charge in [0, 0.05) is 17.9 Å². The van der Waals surface area contributed by atoms with Gasteiger partial charge in [-0.05, 0) is 36.7 Å². The number of allylic oxidation sites excluding steroid dienone is 1. The SMILES string of the molecule is C=CC[C@H]1C=C(C(=O)OC)C[C@@H](O[Si](C)(C)C(C)(C)C)[C@@H]1OC(=O)c1ccccc1. The summed E-state index contributed by atoms with van der Waals surface area (Å²) in [6.45, 7) is 14.6. The lowest BCUT2D eigenvalue weighted by atomic mass is 9.83. The molecule has 0 heterocycles. The minimum atomic E-state index is -2.19. The van der Waals surface area contributed by atoms with Gasteiger partial charge in [0.2, 0.25) is 0 Å². The van der Waals surface area contributed by atoms with Crippen molar-refractivity contribution in [2.75, 3.05) is 7.11 Å². The van der Waals surface area contributed by atoms with Gasteiger partial charge in [-0.25, -0.2) is 9.59 Å². The van der Waals surface area contributed by atoms with E-state index in [1.165, 1.54) is 7.11 Å². The number of hydrogen-bond donors (Lipinski definition) is 0. The number of esters is 2. The Bertz CT molecular complexity index is 792. The summed E-state index contributed by atoms with van der Waals surface area (Å²) in [6.07, 6.45) is 3.58. The van der Waals surface area contributed by atoms with Crippen molar-refractivity contribution >= 4 is 20.3 Å². The fraction of sp³-hybridized carbons (Fsp3) is 0.500. The molecule has 1 aromatic rings. The van der Waals surface area contributed by atoms with E-state index >= 15 is 0 Å². The second kappa shape index (κ2) is 9.75. The molecule has 1 aliphatic rings. The summed E-state index contributed by atoms with van der Waals surface area (Å²) in [6, 6.07) is 8.92. The van der Waals surface area contributed by atoms with Crippen LogP contribution in [0.25, 0.3) is 0 Å². The average molecular weight is 431 g/mol. The predicted molar refractivity (Wildman–Crippen MR) is 121 cm³/mol. The third-order valence-corrected chi connectivity index (χ3v) is 10.5. The quantitative estimate of drug-likeness (QED) is 0.334. The third kappa shape index (κ3) is 5.70. The van der Waals surface area contributed by atoms with Crippen LogP contribution in [0.2, 0.25) is 18.1 Å². The summed E-state index contributed by atoms with van der Waals surface area (Å²) in [5.74, 6) is -0.984. The first-order chi connectivity index (χ1) is 14.0. The molecule has 5 nitrogen and oxygen atoms in total. The second-order valence-electron chi connectivity index (χ2n) is 9.23. The van der Waals surface area contributed by atoms with Gasteiger partial charge in [-0.2, -0.15) is 0 Å². The van der Waals surface area contributed by atoms with Crippen molar-refractivity contribution < 1.29 is 23.5 Å². The molecule has 0 saturated heterocycles. The van der Waals surface area contributed by atoms with Crippen LogP contribution in [0.3, 0.4) is 0 Å². The lowest BCUT2D eigenvalue weighted by molar-refractivity contribution is -0.137. The van der Waals surface area contributed by atoms with E-state index in [-0.39, 0.29) is 16.9 Å². The van der Waals surface area contributed by atoms with E-state index in [2.05, 4.69) is 40.4 Å². The van der Waals surface area contributed by atoms with Gasteiger partial charge in [0.25, 0.3) is 0 Å². The number of ether oxygens (including phenoxy) is 2. The molecule has 0 fully saturated rings. The number of benzene rings is 1. The number of carbonyl (C=O) groups is 2. The highest BCUT2D eigenvalue weighted by molar-refractivity contribution is 6.74. The molecule has 6 heteroatoms. The minimum Gasteiger partial charge on any atom is -0.466 e. The molecule has 0 aliphatic heterocycles. The van der Waals surface area contributed by atoms with Crippen LogP contribution >= 0.6 is 0 Å².